The maximum atomic E-state index is 12.4. The summed E-state index contributed by atoms with van der Waals surface area (Å²) in [5.41, 5.74) is 5.45. The summed E-state index contributed by atoms with van der Waals surface area (Å²) in [4.78, 5) is 12.4. The van der Waals surface area contributed by atoms with E-state index in [0.29, 0.717) is 11.7 Å². The summed E-state index contributed by atoms with van der Waals surface area (Å²) in [6.07, 6.45) is 1.62. The molecule has 0 aliphatic heterocycles. The number of nitrogens with one attached hydrogen (secondary N) is 2. The summed E-state index contributed by atoms with van der Waals surface area (Å²) in [5.74, 6) is 0.692. The molecule has 5 rings (SSSR count). The Morgan fingerprint density at radius 2 is 1.58 bits per heavy atom. The van der Waals surface area contributed by atoms with Gasteiger partial charge in [0.05, 0.1) is 18.5 Å². The molecule has 5 aromatic rings. The topological polar surface area (TPSA) is 84.2 Å². The molecule has 7 nitrogen and oxygen atoms in total. The number of amides is 1. The van der Waals surface area contributed by atoms with Crippen molar-refractivity contribution >= 4 is 40.3 Å². The normalized spacial score (nSPS) is 11.1. The molecule has 1 aromatic heterocycles. The fourth-order valence-corrected chi connectivity index (χ4v) is 4.54. The summed E-state index contributed by atoms with van der Waals surface area (Å²) >= 11 is 1.32. The first kappa shape index (κ1) is 23.3. The maximum Gasteiger partial charge on any atom is 0.250 e. The number of benzene rings is 4. The number of hydrogen-bond acceptors (Lipinski definition) is 6. The van der Waals surface area contributed by atoms with Crippen molar-refractivity contribution < 1.29 is 4.79 Å². The highest BCUT2D eigenvalue weighted by molar-refractivity contribution is 7.99. The van der Waals surface area contributed by atoms with Gasteiger partial charge in [-0.2, -0.15) is 5.10 Å². The Hall–Kier alpha value is -4.43. The lowest BCUT2D eigenvalue weighted by Crippen LogP contribution is -2.20. The third-order valence-electron chi connectivity index (χ3n) is 5.48. The Morgan fingerprint density at radius 1 is 0.861 bits per heavy atom. The number of hydrogen-bond donors (Lipinski definition) is 2. The molecule has 0 aliphatic rings. The van der Waals surface area contributed by atoms with Crippen LogP contribution in [0, 0.1) is 0 Å². The van der Waals surface area contributed by atoms with Crippen LogP contribution in [0.15, 0.2) is 113 Å². The molecule has 0 aliphatic carbocycles. The number of fused-ring (bicyclic) bond motifs is 1. The van der Waals surface area contributed by atoms with Gasteiger partial charge in [-0.3, -0.25) is 9.36 Å². The molecule has 4 aromatic carbocycles. The number of nitrogens with zero attached hydrogens (tertiary/aromatic N) is 4. The molecule has 0 radical (unpaired) electrons. The van der Waals surface area contributed by atoms with Crippen molar-refractivity contribution in [3.8, 4) is 5.69 Å². The highest BCUT2D eigenvalue weighted by atomic mass is 32.2. The van der Waals surface area contributed by atoms with Crippen molar-refractivity contribution in [2.75, 3.05) is 11.1 Å². The Labute approximate surface area is 213 Å². The number of aromatic nitrogens is 3. The fourth-order valence-electron chi connectivity index (χ4n) is 3.78. The largest absolute Gasteiger partial charge is 0.377 e. The van der Waals surface area contributed by atoms with Crippen molar-refractivity contribution in [3.63, 3.8) is 0 Å². The zero-order valence-electron chi connectivity index (χ0n) is 19.4. The number of para-hydroxylation sites is 1. The number of hydrazone groups is 1. The van der Waals surface area contributed by atoms with Crippen LogP contribution in [0.3, 0.4) is 0 Å². The lowest BCUT2D eigenvalue weighted by molar-refractivity contribution is -0.118. The van der Waals surface area contributed by atoms with Gasteiger partial charge in [-0.25, -0.2) is 5.43 Å². The second-order valence-corrected chi connectivity index (χ2v) is 8.89. The minimum atomic E-state index is -0.217. The van der Waals surface area contributed by atoms with Gasteiger partial charge in [-0.1, -0.05) is 96.7 Å². The molecule has 1 heterocycles. The molecule has 0 fully saturated rings. The molecule has 0 saturated heterocycles. The zero-order chi connectivity index (χ0) is 24.6. The molecule has 1 amide bonds. The number of rotatable bonds is 9. The van der Waals surface area contributed by atoms with E-state index >= 15 is 0 Å². The Balaban J connectivity index is 1.30. The molecule has 8 heteroatoms. The second kappa shape index (κ2) is 11.3. The van der Waals surface area contributed by atoms with Crippen LogP contribution >= 0.6 is 11.8 Å². The predicted octanol–water partition coefficient (Wildman–Crippen LogP) is 5.28. The van der Waals surface area contributed by atoms with E-state index in [2.05, 4.69) is 50.3 Å². The van der Waals surface area contributed by atoms with Crippen molar-refractivity contribution in [3.05, 3.63) is 115 Å². The minimum Gasteiger partial charge on any atom is -0.377 e. The molecular weight excluding hydrogens is 468 g/mol. The van der Waals surface area contributed by atoms with E-state index < -0.39 is 0 Å². The molecule has 0 spiro atoms. The van der Waals surface area contributed by atoms with E-state index in [0.717, 1.165) is 28.1 Å². The van der Waals surface area contributed by atoms with Crippen molar-refractivity contribution in [1.29, 1.82) is 0 Å². The molecule has 36 heavy (non-hydrogen) atoms. The van der Waals surface area contributed by atoms with Crippen LogP contribution in [-0.4, -0.2) is 32.6 Å². The standard InChI is InChI=1S/C28H24N6OS/c35-27(32-30-18-21-10-3-1-4-11-21)20-36-28-33-31-26(34(28)23-14-5-2-6-15-23)19-29-25-17-9-13-22-12-7-8-16-24(22)25/h1-18,29H,19-20H2,(H,32,35)/b30-18+. The Bertz CT molecular complexity index is 1480. The SMILES string of the molecule is O=C(CSc1nnc(CNc2cccc3ccccc23)n1-c1ccccc1)N/N=C/c1ccccc1. The molecular formula is C28H24N6OS. The number of carbonyl (C=O) groups is 1. The van der Waals surface area contributed by atoms with Crippen LogP contribution in [0.5, 0.6) is 0 Å². The molecule has 0 bridgehead atoms. The van der Waals surface area contributed by atoms with Gasteiger partial charge in [-0.15, -0.1) is 10.2 Å². The van der Waals surface area contributed by atoms with Gasteiger partial charge in [0.1, 0.15) is 0 Å². The van der Waals surface area contributed by atoms with Gasteiger partial charge < -0.3 is 5.32 Å². The number of thioether (sulfide) groups is 1. The smallest absolute Gasteiger partial charge is 0.250 e. The van der Waals surface area contributed by atoms with E-state index in [4.69, 9.17) is 0 Å². The highest BCUT2D eigenvalue weighted by Gasteiger charge is 2.16. The third kappa shape index (κ3) is 5.61. The first-order valence-corrected chi connectivity index (χ1v) is 12.5. The van der Waals surface area contributed by atoms with E-state index in [1.807, 2.05) is 83.4 Å². The van der Waals surface area contributed by atoms with Gasteiger partial charge in [0.25, 0.3) is 5.91 Å². The molecule has 0 unspecified atom stereocenters. The van der Waals surface area contributed by atoms with Crippen LogP contribution in [0.25, 0.3) is 16.5 Å². The van der Waals surface area contributed by atoms with Crippen molar-refractivity contribution in [2.24, 2.45) is 5.10 Å². The zero-order valence-corrected chi connectivity index (χ0v) is 20.2. The molecule has 178 valence electrons. The van der Waals surface area contributed by atoms with Crippen molar-refractivity contribution in [2.45, 2.75) is 11.7 Å². The monoisotopic (exact) mass is 492 g/mol. The average molecular weight is 493 g/mol. The summed E-state index contributed by atoms with van der Waals surface area (Å²) in [6.45, 7) is 0.476. The van der Waals surface area contributed by atoms with Crippen molar-refractivity contribution in [1.82, 2.24) is 20.2 Å². The summed E-state index contributed by atoms with van der Waals surface area (Å²) in [7, 11) is 0. The summed E-state index contributed by atoms with van der Waals surface area (Å²) in [6, 6.07) is 33.9. The van der Waals surface area contributed by atoms with E-state index in [1.54, 1.807) is 6.21 Å². The van der Waals surface area contributed by atoms with Crippen LogP contribution < -0.4 is 10.7 Å². The third-order valence-corrected chi connectivity index (χ3v) is 6.41. The Kier molecular flexibility index (Phi) is 7.34. The van der Waals surface area contributed by atoms with E-state index in [-0.39, 0.29) is 11.7 Å². The summed E-state index contributed by atoms with van der Waals surface area (Å²) in [5, 5.41) is 19.3. The van der Waals surface area contributed by atoms with Gasteiger partial charge in [0.15, 0.2) is 11.0 Å². The van der Waals surface area contributed by atoms with Gasteiger partial charge in [0.2, 0.25) is 0 Å². The van der Waals surface area contributed by atoms with Gasteiger partial charge in [-0.05, 0) is 29.1 Å². The second-order valence-electron chi connectivity index (χ2n) is 7.94. The van der Waals surface area contributed by atoms with Gasteiger partial charge in [0, 0.05) is 16.8 Å². The lowest BCUT2D eigenvalue weighted by atomic mass is 10.1. The summed E-state index contributed by atoms with van der Waals surface area (Å²) < 4.78 is 1.98. The van der Waals surface area contributed by atoms with Crippen LogP contribution in [0.4, 0.5) is 5.69 Å². The van der Waals surface area contributed by atoms with Crippen LogP contribution in [-0.2, 0) is 11.3 Å². The predicted molar refractivity (Wildman–Crippen MR) is 146 cm³/mol. The van der Waals surface area contributed by atoms with Gasteiger partial charge >= 0.3 is 0 Å². The van der Waals surface area contributed by atoms with Crippen LogP contribution in [0.2, 0.25) is 0 Å². The molecule has 0 atom stereocenters. The lowest BCUT2D eigenvalue weighted by Gasteiger charge is -2.12. The Morgan fingerprint density at radius 3 is 2.42 bits per heavy atom. The quantitative estimate of drug-likeness (QED) is 0.166. The highest BCUT2D eigenvalue weighted by Crippen LogP contribution is 2.25. The average Bonchev–Trinajstić information content (AvgIpc) is 3.34. The number of anilines is 1. The maximum absolute atomic E-state index is 12.4. The molecule has 0 saturated carbocycles. The van der Waals surface area contributed by atoms with E-state index in [9.17, 15) is 4.79 Å². The fraction of sp³-hybridized carbons (Fsp3) is 0.0714. The minimum absolute atomic E-state index is 0.161. The first-order chi connectivity index (χ1) is 17.8. The number of carbonyl (C=O) groups excluding carboxylic acids is 1. The van der Waals surface area contributed by atoms with Crippen LogP contribution in [0.1, 0.15) is 11.4 Å². The first-order valence-electron chi connectivity index (χ1n) is 11.5. The van der Waals surface area contributed by atoms with E-state index in [1.165, 1.54) is 17.1 Å². The molecule has 2 N–H and O–H groups in total.